The summed E-state index contributed by atoms with van der Waals surface area (Å²) in [5.41, 5.74) is 1.63. The lowest BCUT2D eigenvalue weighted by Crippen LogP contribution is -1.90. The third-order valence-electron chi connectivity index (χ3n) is 2.18. The van der Waals surface area contributed by atoms with E-state index in [1.807, 2.05) is 48.5 Å². The molecule has 0 bridgehead atoms. The summed E-state index contributed by atoms with van der Waals surface area (Å²) in [5.74, 6) is 0. The molecule has 0 aromatic heterocycles. The van der Waals surface area contributed by atoms with Gasteiger partial charge in [-0.15, -0.1) is 10.2 Å². The van der Waals surface area contributed by atoms with Crippen molar-refractivity contribution in [2.45, 2.75) is 0 Å². The van der Waals surface area contributed by atoms with E-state index in [-0.39, 0.29) is 0 Å². The van der Waals surface area contributed by atoms with Gasteiger partial charge in [-0.1, -0.05) is 58.5 Å². The Balaban J connectivity index is 2.21. The summed E-state index contributed by atoms with van der Waals surface area (Å²) in [7, 11) is 0. The van der Waals surface area contributed by atoms with Gasteiger partial charge in [0.1, 0.15) is 5.69 Å². The smallest absolute Gasteiger partial charge is 0.148 e. The van der Waals surface area contributed by atoms with Gasteiger partial charge in [-0.25, -0.2) is 0 Å². The average molecular weight is 384 g/mol. The maximum atomic E-state index is 5.21. The maximum Gasteiger partial charge on any atom is 0.155 e. The summed E-state index contributed by atoms with van der Waals surface area (Å²) in [6, 6.07) is 15.3. The third kappa shape index (κ3) is 3.54. The van der Waals surface area contributed by atoms with E-state index in [1.54, 1.807) is 0 Å². The van der Waals surface area contributed by atoms with Crippen LogP contribution in [0, 0.1) is 0 Å². The van der Waals surface area contributed by atoms with Crippen LogP contribution in [0.15, 0.2) is 67.7 Å². The molecule has 0 atom stereocenters. The third-order valence-corrected chi connectivity index (χ3v) is 3.66. The van der Waals surface area contributed by atoms with Crippen LogP contribution in [0.3, 0.4) is 0 Å². The molecule has 2 aromatic carbocycles. The summed E-state index contributed by atoms with van der Waals surface area (Å²) in [6.45, 7) is 0. The normalized spacial score (nSPS) is 10.8. The summed E-state index contributed by atoms with van der Waals surface area (Å²) in [6.07, 6.45) is 0. The number of nitrogens with zero attached hydrogens (tertiary/aromatic N) is 2. The van der Waals surface area contributed by atoms with Crippen LogP contribution in [0.5, 0.6) is 0 Å². The molecule has 2 rings (SSSR count). The largest absolute Gasteiger partial charge is 0.155 e. The Morgan fingerprint density at radius 2 is 1.72 bits per heavy atom. The number of azo groups is 1. The minimum Gasteiger partial charge on any atom is -0.148 e. The molecule has 90 valence electrons. The molecule has 0 saturated heterocycles. The first-order chi connectivity index (χ1) is 8.66. The van der Waals surface area contributed by atoms with Crippen molar-refractivity contribution in [3.8, 4) is 0 Å². The molecule has 0 N–H and O–H groups in total. The van der Waals surface area contributed by atoms with E-state index in [0.717, 1.165) is 20.2 Å². The lowest BCUT2D eigenvalue weighted by atomic mass is 10.2. The second kappa shape index (κ2) is 6.31. The summed E-state index contributed by atoms with van der Waals surface area (Å²) >= 11 is 12.0. The van der Waals surface area contributed by atoms with Gasteiger partial charge in [-0.3, -0.25) is 0 Å². The molecule has 0 amide bonds. The fraction of sp³-hybridized carbons (Fsp3) is 0. The van der Waals surface area contributed by atoms with Crippen LogP contribution in [0.2, 0.25) is 0 Å². The molecule has 2 aromatic rings. The molecule has 0 radical (unpaired) electrons. The number of benzene rings is 2. The van der Waals surface area contributed by atoms with Crippen LogP contribution in [0.25, 0.3) is 0 Å². The molecule has 0 fully saturated rings. The lowest BCUT2D eigenvalue weighted by Gasteiger charge is -1.99. The predicted octanol–water partition coefficient (Wildman–Crippen LogP) is 5.67. The number of hydrogen-bond acceptors (Lipinski definition) is 2. The highest BCUT2D eigenvalue weighted by molar-refractivity contribution is 9.11. The zero-order valence-electron chi connectivity index (χ0n) is 9.18. The molecule has 0 aliphatic heterocycles. The van der Waals surface area contributed by atoms with Crippen LogP contribution in [0.4, 0.5) is 5.69 Å². The molecule has 0 unspecified atom stereocenters. The van der Waals surface area contributed by atoms with E-state index in [9.17, 15) is 0 Å². The molecular weight excluding hydrogens is 376 g/mol. The topological polar surface area (TPSA) is 24.7 Å². The van der Waals surface area contributed by atoms with Gasteiger partial charge in [0.15, 0.2) is 4.99 Å². The average Bonchev–Trinajstić information content (AvgIpc) is 2.40. The van der Waals surface area contributed by atoms with Crippen LogP contribution in [0.1, 0.15) is 5.56 Å². The van der Waals surface area contributed by atoms with Gasteiger partial charge in [-0.05, 0) is 34.1 Å². The van der Waals surface area contributed by atoms with E-state index in [4.69, 9.17) is 12.2 Å². The first-order valence-corrected chi connectivity index (χ1v) is 7.12. The van der Waals surface area contributed by atoms with Crippen LogP contribution in [-0.4, -0.2) is 4.99 Å². The summed E-state index contributed by atoms with van der Waals surface area (Å²) < 4.78 is 1.83. The van der Waals surface area contributed by atoms with Crippen LogP contribution in [-0.2, 0) is 0 Å². The fourth-order valence-electron chi connectivity index (χ4n) is 1.30. The van der Waals surface area contributed by atoms with Crippen molar-refractivity contribution in [1.82, 2.24) is 0 Å². The first kappa shape index (κ1) is 13.5. The SMILES string of the molecule is S=C(N=Nc1cc(Br)ccc1Br)c1ccccc1. The number of halogens is 2. The quantitative estimate of drug-likeness (QED) is 0.484. The molecule has 18 heavy (non-hydrogen) atoms. The van der Waals surface area contributed by atoms with E-state index in [1.165, 1.54) is 0 Å². The second-order valence-corrected chi connectivity index (χ2v) is 5.62. The van der Waals surface area contributed by atoms with E-state index < -0.39 is 0 Å². The first-order valence-electron chi connectivity index (χ1n) is 5.13. The van der Waals surface area contributed by atoms with Crippen molar-refractivity contribution in [2.24, 2.45) is 10.2 Å². The Morgan fingerprint density at radius 1 is 1.00 bits per heavy atom. The van der Waals surface area contributed by atoms with Crippen LogP contribution < -0.4 is 0 Å². The molecule has 0 spiro atoms. The van der Waals surface area contributed by atoms with Gasteiger partial charge >= 0.3 is 0 Å². The molecule has 0 aliphatic rings. The highest BCUT2D eigenvalue weighted by atomic mass is 79.9. The van der Waals surface area contributed by atoms with Gasteiger partial charge in [0, 0.05) is 14.5 Å². The van der Waals surface area contributed by atoms with Gasteiger partial charge < -0.3 is 0 Å². The van der Waals surface area contributed by atoms with E-state index in [2.05, 4.69) is 42.1 Å². The standard InChI is InChI=1S/C13H8Br2N2S/c14-10-6-7-11(15)12(8-10)16-17-13(18)9-4-2-1-3-5-9/h1-8H. The maximum absolute atomic E-state index is 5.21. The Labute approximate surface area is 127 Å². The van der Waals surface area contributed by atoms with Crippen molar-refractivity contribution >= 4 is 54.8 Å². The second-order valence-electron chi connectivity index (χ2n) is 3.47. The van der Waals surface area contributed by atoms with Crippen LogP contribution >= 0.6 is 44.1 Å². The minimum absolute atomic E-state index is 0.475. The minimum atomic E-state index is 0.475. The lowest BCUT2D eigenvalue weighted by molar-refractivity contribution is 1.27. The van der Waals surface area contributed by atoms with Crippen molar-refractivity contribution in [2.75, 3.05) is 0 Å². The highest BCUT2D eigenvalue weighted by Crippen LogP contribution is 2.29. The zero-order valence-corrected chi connectivity index (χ0v) is 13.2. The van der Waals surface area contributed by atoms with Gasteiger partial charge in [0.25, 0.3) is 0 Å². The molecule has 0 aliphatic carbocycles. The fourth-order valence-corrected chi connectivity index (χ4v) is 2.15. The Hall–Kier alpha value is -0.910. The summed E-state index contributed by atoms with van der Waals surface area (Å²) in [4.78, 5) is 0.475. The Kier molecular flexibility index (Phi) is 4.74. The predicted molar refractivity (Wildman–Crippen MR) is 84.5 cm³/mol. The number of hydrogen-bond donors (Lipinski definition) is 0. The molecular formula is C13H8Br2N2S. The van der Waals surface area contributed by atoms with Crippen molar-refractivity contribution in [3.05, 3.63) is 63.0 Å². The highest BCUT2D eigenvalue weighted by Gasteiger charge is 2.01. The van der Waals surface area contributed by atoms with Crippen molar-refractivity contribution in [3.63, 3.8) is 0 Å². The monoisotopic (exact) mass is 382 g/mol. The van der Waals surface area contributed by atoms with E-state index in [0.29, 0.717) is 4.99 Å². The molecule has 5 heteroatoms. The number of rotatable bonds is 2. The zero-order chi connectivity index (χ0) is 13.0. The van der Waals surface area contributed by atoms with Gasteiger partial charge in [0.2, 0.25) is 0 Å². The molecule has 2 nitrogen and oxygen atoms in total. The molecule has 0 heterocycles. The number of thiocarbonyl (C=S) groups is 1. The summed E-state index contributed by atoms with van der Waals surface area (Å²) in [5, 5.41) is 8.22. The van der Waals surface area contributed by atoms with Crippen molar-refractivity contribution in [1.29, 1.82) is 0 Å². The Bertz CT molecular complexity index is 597. The Morgan fingerprint density at radius 3 is 2.44 bits per heavy atom. The van der Waals surface area contributed by atoms with Gasteiger partial charge in [0.05, 0.1) is 0 Å². The molecule has 0 saturated carbocycles. The van der Waals surface area contributed by atoms with Crippen molar-refractivity contribution < 1.29 is 0 Å². The van der Waals surface area contributed by atoms with E-state index >= 15 is 0 Å². The van der Waals surface area contributed by atoms with Gasteiger partial charge in [-0.2, -0.15) is 0 Å².